The fourth-order valence-corrected chi connectivity index (χ4v) is 2.98. The Morgan fingerprint density at radius 3 is 2.70 bits per heavy atom. The average molecular weight is 314 g/mol. The summed E-state index contributed by atoms with van der Waals surface area (Å²) < 4.78 is 7.39. The van der Waals surface area contributed by atoms with Gasteiger partial charge in [0.25, 0.3) is 0 Å². The predicted molar refractivity (Wildman–Crippen MR) is 87.4 cm³/mol. The molecule has 3 rings (SSSR count). The van der Waals surface area contributed by atoms with Crippen molar-refractivity contribution < 1.29 is 9.53 Å². The zero-order valence-corrected chi connectivity index (χ0v) is 13.5. The van der Waals surface area contributed by atoms with Crippen molar-refractivity contribution in [1.82, 2.24) is 19.8 Å². The average Bonchev–Trinajstić information content (AvgIpc) is 3.24. The van der Waals surface area contributed by atoms with E-state index in [4.69, 9.17) is 4.74 Å². The molecule has 2 aromatic rings. The molecule has 1 saturated heterocycles. The van der Waals surface area contributed by atoms with E-state index in [1.165, 1.54) is 0 Å². The van der Waals surface area contributed by atoms with E-state index in [9.17, 15) is 4.79 Å². The minimum Gasteiger partial charge on any atom is -0.496 e. The molecule has 0 aliphatic carbocycles. The van der Waals surface area contributed by atoms with E-state index in [0.717, 1.165) is 43.1 Å². The van der Waals surface area contributed by atoms with Crippen LogP contribution in [0.5, 0.6) is 5.75 Å². The summed E-state index contributed by atoms with van der Waals surface area (Å²) >= 11 is 0. The second-order valence-electron chi connectivity index (χ2n) is 5.71. The van der Waals surface area contributed by atoms with E-state index in [1.54, 1.807) is 13.3 Å². The molecule has 1 fully saturated rings. The molecule has 1 unspecified atom stereocenters. The van der Waals surface area contributed by atoms with E-state index >= 15 is 0 Å². The molecule has 1 aromatic heterocycles. The Kier molecular flexibility index (Phi) is 4.50. The lowest BCUT2D eigenvalue weighted by atomic mass is 10.0. The first-order chi connectivity index (χ1) is 11.2. The van der Waals surface area contributed by atoms with Gasteiger partial charge >= 0.3 is 6.03 Å². The molecule has 0 radical (unpaired) electrons. The quantitative estimate of drug-likeness (QED) is 0.942. The zero-order valence-electron chi connectivity index (χ0n) is 13.5. The van der Waals surface area contributed by atoms with Crippen molar-refractivity contribution in [3.8, 4) is 5.75 Å². The normalized spacial score (nSPS) is 15.5. The number of aryl methyl sites for hydroxylation is 1. The van der Waals surface area contributed by atoms with Gasteiger partial charge in [0.15, 0.2) is 0 Å². The maximum atomic E-state index is 12.6. The van der Waals surface area contributed by atoms with Crippen LogP contribution in [0.15, 0.2) is 36.7 Å². The topological polar surface area (TPSA) is 59.4 Å². The first-order valence-electron chi connectivity index (χ1n) is 7.86. The summed E-state index contributed by atoms with van der Waals surface area (Å²) in [6, 6.07) is 7.31. The maximum Gasteiger partial charge on any atom is 0.318 e. The lowest BCUT2D eigenvalue weighted by molar-refractivity contribution is 0.205. The number of likely N-dealkylation sites (tertiary alicyclic amines) is 1. The molecule has 6 heteroatoms. The molecule has 2 amide bonds. The fourth-order valence-electron chi connectivity index (χ4n) is 2.98. The van der Waals surface area contributed by atoms with Gasteiger partial charge in [0.1, 0.15) is 17.6 Å². The number of ether oxygens (including phenoxy) is 1. The lowest BCUT2D eigenvalue weighted by Gasteiger charge is -2.24. The van der Waals surface area contributed by atoms with Crippen LogP contribution >= 0.6 is 0 Å². The summed E-state index contributed by atoms with van der Waals surface area (Å²) in [7, 11) is 3.56. The highest BCUT2D eigenvalue weighted by atomic mass is 16.5. The van der Waals surface area contributed by atoms with Gasteiger partial charge in [0.05, 0.1) is 7.11 Å². The third kappa shape index (κ3) is 3.16. The van der Waals surface area contributed by atoms with Crippen LogP contribution in [0.2, 0.25) is 0 Å². The third-order valence-electron chi connectivity index (χ3n) is 4.23. The van der Waals surface area contributed by atoms with E-state index in [1.807, 2.05) is 47.0 Å². The van der Waals surface area contributed by atoms with Crippen LogP contribution in [0.25, 0.3) is 0 Å². The number of rotatable bonds is 4. The van der Waals surface area contributed by atoms with E-state index in [0.29, 0.717) is 0 Å². The molecule has 1 aliphatic rings. The Balaban J connectivity index is 1.94. The highest BCUT2D eigenvalue weighted by molar-refractivity contribution is 5.75. The molecule has 0 bridgehead atoms. The second kappa shape index (κ2) is 6.73. The number of amides is 2. The molecule has 23 heavy (non-hydrogen) atoms. The van der Waals surface area contributed by atoms with E-state index < -0.39 is 0 Å². The van der Waals surface area contributed by atoms with Crippen molar-refractivity contribution in [2.45, 2.75) is 18.9 Å². The minimum atomic E-state index is -0.348. The van der Waals surface area contributed by atoms with Crippen LogP contribution in [-0.2, 0) is 7.05 Å². The Morgan fingerprint density at radius 1 is 1.30 bits per heavy atom. The number of carbonyl (C=O) groups is 1. The molecule has 0 spiro atoms. The largest absolute Gasteiger partial charge is 0.496 e. The van der Waals surface area contributed by atoms with Crippen LogP contribution in [-0.4, -0.2) is 40.7 Å². The van der Waals surface area contributed by atoms with Gasteiger partial charge in [-0.2, -0.15) is 0 Å². The number of imidazole rings is 1. The van der Waals surface area contributed by atoms with E-state index in [-0.39, 0.29) is 12.1 Å². The summed E-state index contributed by atoms with van der Waals surface area (Å²) in [4.78, 5) is 18.8. The van der Waals surface area contributed by atoms with Gasteiger partial charge in [-0.25, -0.2) is 9.78 Å². The van der Waals surface area contributed by atoms with Crippen LogP contribution in [0.1, 0.15) is 30.3 Å². The summed E-state index contributed by atoms with van der Waals surface area (Å²) in [5.41, 5.74) is 0.900. The molecule has 0 saturated carbocycles. The summed E-state index contributed by atoms with van der Waals surface area (Å²) in [5.74, 6) is 1.52. The van der Waals surface area contributed by atoms with Crippen LogP contribution in [0.3, 0.4) is 0 Å². The SMILES string of the molecule is COc1ccccc1C(NC(=O)N1CCCC1)c1nccn1C. The highest BCUT2D eigenvalue weighted by Gasteiger charge is 2.27. The van der Waals surface area contributed by atoms with Crippen molar-refractivity contribution in [3.05, 3.63) is 48.0 Å². The number of hydrogen-bond donors (Lipinski definition) is 1. The predicted octanol–water partition coefficient (Wildman–Crippen LogP) is 2.32. The molecule has 1 aromatic carbocycles. The van der Waals surface area contributed by atoms with Gasteiger partial charge in [-0.1, -0.05) is 18.2 Å². The Morgan fingerprint density at radius 2 is 2.04 bits per heavy atom. The lowest BCUT2D eigenvalue weighted by Crippen LogP contribution is -2.41. The van der Waals surface area contributed by atoms with Gasteiger partial charge in [0, 0.05) is 38.1 Å². The monoisotopic (exact) mass is 314 g/mol. The zero-order chi connectivity index (χ0) is 16.2. The van der Waals surface area contributed by atoms with Crippen molar-refractivity contribution in [3.63, 3.8) is 0 Å². The Labute approximate surface area is 136 Å². The molecular formula is C17H22N4O2. The fraction of sp³-hybridized carbons (Fsp3) is 0.412. The summed E-state index contributed by atoms with van der Waals surface area (Å²) in [6.45, 7) is 1.62. The molecular weight excluding hydrogens is 292 g/mol. The summed E-state index contributed by atoms with van der Waals surface area (Å²) in [5, 5.41) is 3.12. The van der Waals surface area contributed by atoms with Crippen molar-refractivity contribution in [2.75, 3.05) is 20.2 Å². The van der Waals surface area contributed by atoms with Crippen molar-refractivity contribution >= 4 is 6.03 Å². The Hall–Kier alpha value is -2.50. The van der Waals surface area contributed by atoms with Crippen LogP contribution in [0.4, 0.5) is 4.79 Å². The molecule has 1 aliphatic heterocycles. The summed E-state index contributed by atoms with van der Waals surface area (Å²) in [6.07, 6.45) is 5.74. The van der Waals surface area contributed by atoms with Gasteiger partial charge in [0.2, 0.25) is 0 Å². The number of benzene rings is 1. The minimum absolute atomic E-state index is 0.0543. The van der Waals surface area contributed by atoms with Crippen molar-refractivity contribution in [1.29, 1.82) is 0 Å². The first kappa shape index (κ1) is 15.4. The number of nitrogens with zero attached hydrogens (tertiary/aromatic N) is 3. The second-order valence-corrected chi connectivity index (χ2v) is 5.71. The first-order valence-corrected chi connectivity index (χ1v) is 7.86. The third-order valence-corrected chi connectivity index (χ3v) is 4.23. The van der Waals surface area contributed by atoms with Gasteiger partial charge in [-0.05, 0) is 18.9 Å². The van der Waals surface area contributed by atoms with Crippen LogP contribution in [0, 0.1) is 0 Å². The maximum absolute atomic E-state index is 12.6. The van der Waals surface area contributed by atoms with Gasteiger partial charge in [-0.15, -0.1) is 0 Å². The van der Waals surface area contributed by atoms with Gasteiger partial charge < -0.3 is 19.5 Å². The molecule has 1 atom stereocenters. The number of carbonyl (C=O) groups excluding carboxylic acids is 1. The number of hydrogen-bond acceptors (Lipinski definition) is 3. The van der Waals surface area contributed by atoms with E-state index in [2.05, 4.69) is 10.3 Å². The number of aromatic nitrogens is 2. The van der Waals surface area contributed by atoms with Crippen LogP contribution < -0.4 is 10.1 Å². The number of para-hydroxylation sites is 1. The molecule has 122 valence electrons. The van der Waals surface area contributed by atoms with Crippen molar-refractivity contribution in [2.24, 2.45) is 7.05 Å². The smallest absolute Gasteiger partial charge is 0.318 e. The Bertz CT molecular complexity index is 677. The van der Waals surface area contributed by atoms with Gasteiger partial charge in [-0.3, -0.25) is 0 Å². The molecule has 1 N–H and O–H groups in total. The molecule has 2 heterocycles. The number of methoxy groups -OCH3 is 1. The molecule has 6 nitrogen and oxygen atoms in total. The highest BCUT2D eigenvalue weighted by Crippen LogP contribution is 2.29. The number of urea groups is 1. The number of nitrogens with one attached hydrogen (secondary N) is 1. The standard InChI is InChI=1S/C17H22N4O2/c1-20-12-9-18-16(20)15(13-7-3-4-8-14(13)23-2)19-17(22)21-10-5-6-11-21/h3-4,7-9,12,15H,5-6,10-11H2,1-2H3,(H,19,22).